The fourth-order valence-corrected chi connectivity index (χ4v) is 4.69. The van der Waals surface area contributed by atoms with Crippen molar-refractivity contribution in [1.82, 2.24) is 15.1 Å². The highest BCUT2D eigenvalue weighted by molar-refractivity contribution is 6.01. The number of carbonyl (C=O) groups excluding carboxylic acids is 2. The minimum absolute atomic E-state index is 0.0186. The first-order valence-corrected chi connectivity index (χ1v) is 11.7. The molecule has 3 heterocycles. The molecule has 1 aromatic heterocycles. The van der Waals surface area contributed by atoms with Crippen LogP contribution in [-0.2, 0) is 4.79 Å². The van der Waals surface area contributed by atoms with E-state index in [0.29, 0.717) is 49.2 Å². The zero-order chi connectivity index (χ0) is 27.1. The molecule has 0 atom stereocenters. The van der Waals surface area contributed by atoms with Crippen molar-refractivity contribution in [2.24, 2.45) is 0 Å². The summed E-state index contributed by atoms with van der Waals surface area (Å²) in [6, 6.07) is 7.71. The number of halogens is 3. The molecular weight excluding hydrogens is 491 g/mol. The Kier molecular flexibility index (Phi) is 6.74. The number of aryl methyl sites for hydroxylation is 3. The summed E-state index contributed by atoms with van der Waals surface area (Å²) in [5, 5.41) is 15.1. The van der Waals surface area contributed by atoms with Crippen molar-refractivity contribution in [3.8, 4) is 5.75 Å². The average Bonchev–Trinajstić information content (AvgIpc) is 3.30. The number of aliphatic carboxylic acids is 1. The number of nitrogens with zero attached hydrogens (tertiary/aromatic N) is 2. The number of aromatic amines is 1. The largest absolute Gasteiger partial charge is 0.490 e. The number of H-pyrrole nitrogens is 1. The van der Waals surface area contributed by atoms with Crippen LogP contribution in [-0.4, -0.2) is 62.7 Å². The van der Waals surface area contributed by atoms with Crippen LogP contribution in [0.1, 0.15) is 56.7 Å². The Morgan fingerprint density at radius 3 is 2.30 bits per heavy atom. The molecule has 1 amide bonds. The summed E-state index contributed by atoms with van der Waals surface area (Å²) in [5.41, 5.74) is 5.05. The number of hydrogen-bond donors (Lipinski definition) is 2. The van der Waals surface area contributed by atoms with Gasteiger partial charge in [0.25, 0.3) is 5.91 Å². The van der Waals surface area contributed by atoms with Crippen LogP contribution in [0.15, 0.2) is 30.5 Å². The van der Waals surface area contributed by atoms with E-state index < -0.39 is 17.7 Å². The van der Waals surface area contributed by atoms with Gasteiger partial charge < -0.3 is 14.7 Å². The van der Waals surface area contributed by atoms with Gasteiger partial charge in [-0.1, -0.05) is 0 Å². The van der Waals surface area contributed by atoms with E-state index in [9.17, 15) is 22.8 Å². The Morgan fingerprint density at radius 1 is 1.05 bits per heavy atom. The highest BCUT2D eigenvalue weighted by atomic mass is 19.4. The van der Waals surface area contributed by atoms with Gasteiger partial charge in [-0.05, 0) is 61.7 Å². The number of aromatic nitrogens is 2. The van der Waals surface area contributed by atoms with E-state index >= 15 is 0 Å². The number of carbonyl (C=O) groups is 3. The summed E-state index contributed by atoms with van der Waals surface area (Å²) >= 11 is 0. The van der Waals surface area contributed by atoms with Crippen LogP contribution in [0.5, 0.6) is 5.75 Å². The molecule has 3 aromatic rings. The van der Waals surface area contributed by atoms with Crippen molar-refractivity contribution < 1.29 is 37.4 Å². The molecule has 0 aliphatic carbocycles. The number of fused-ring (bicyclic) bond motifs is 2. The van der Waals surface area contributed by atoms with Gasteiger partial charge in [-0.2, -0.15) is 18.3 Å². The molecule has 2 N–H and O–H groups in total. The smallest absolute Gasteiger partial charge is 0.486 e. The van der Waals surface area contributed by atoms with Gasteiger partial charge >= 0.3 is 12.1 Å². The third-order valence-electron chi connectivity index (χ3n) is 6.90. The SMILES string of the molecule is Cc1cc2c(cc1C)C(=O)CC1(CCN(C(=O)c3cc(C)c4[nH]ncc4c3)CC1)O2.O=C(O)C(F)(F)F. The Labute approximate surface area is 210 Å². The maximum atomic E-state index is 13.1. The minimum Gasteiger partial charge on any atom is -0.486 e. The Morgan fingerprint density at radius 2 is 1.68 bits per heavy atom. The van der Waals surface area contributed by atoms with Crippen LogP contribution in [0.2, 0.25) is 0 Å². The number of carboxylic acids is 1. The number of hydrogen-bond acceptors (Lipinski definition) is 5. The third kappa shape index (κ3) is 5.30. The molecule has 8 nitrogen and oxygen atoms in total. The average molecular weight is 518 g/mol. The summed E-state index contributed by atoms with van der Waals surface area (Å²) in [7, 11) is 0. The maximum absolute atomic E-state index is 13.1. The predicted molar refractivity (Wildman–Crippen MR) is 128 cm³/mol. The van der Waals surface area contributed by atoms with Gasteiger partial charge in [0.1, 0.15) is 11.4 Å². The summed E-state index contributed by atoms with van der Waals surface area (Å²) < 4.78 is 38.1. The number of ketones is 1. The van der Waals surface area contributed by atoms with Crippen LogP contribution in [0, 0.1) is 20.8 Å². The van der Waals surface area contributed by atoms with Crippen LogP contribution in [0.4, 0.5) is 13.2 Å². The number of likely N-dealkylation sites (tertiary alicyclic amines) is 1. The summed E-state index contributed by atoms with van der Waals surface area (Å²) in [6.07, 6.45) is -1.65. The first-order valence-electron chi connectivity index (χ1n) is 11.7. The van der Waals surface area contributed by atoms with Crippen LogP contribution >= 0.6 is 0 Å². The molecule has 0 bridgehead atoms. The van der Waals surface area contributed by atoms with Gasteiger partial charge in [0.05, 0.1) is 23.7 Å². The summed E-state index contributed by atoms with van der Waals surface area (Å²) in [5.74, 6) is -1.91. The zero-order valence-corrected chi connectivity index (χ0v) is 20.5. The molecule has 11 heteroatoms. The molecule has 1 fully saturated rings. The van der Waals surface area contributed by atoms with Gasteiger partial charge in [-0.15, -0.1) is 0 Å². The van der Waals surface area contributed by atoms with Gasteiger partial charge in [0.2, 0.25) is 0 Å². The van der Waals surface area contributed by atoms with E-state index in [1.54, 1.807) is 6.20 Å². The monoisotopic (exact) mass is 517 g/mol. The lowest BCUT2D eigenvalue weighted by atomic mass is 9.81. The quantitative estimate of drug-likeness (QED) is 0.481. The Bertz CT molecular complexity index is 1390. The van der Waals surface area contributed by atoms with Crippen molar-refractivity contribution in [3.05, 3.63) is 58.3 Å². The second-order valence-corrected chi connectivity index (χ2v) is 9.54. The van der Waals surface area contributed by atoms with Gasteiger partial charge in [0.15, 0.2) is 5.78 Å². The number of amides is 1. The highest BCUT2D eigenvalue weighted by Gasteiger charge is 2.44. The lowest BCUT2D eigenvalue weighted by molar-refractivity contribution is -0.192. The maximum Gasteiger partial charge on any atom is 0.490 e. The van der Waals surface area contributed by atoms with Gasteiger partial charge in [0, 0.05) is 36.9 Å². The van der Waals surface area contributed by atoms with Crippen molar-refractivity contribution in [3.63, 3.8) is 0 Å². The van der Waals surface area contributed by atoms with E-state index in [1.165, 1.54) is 0 Å². The number of alkyl halides is 3. The molecule has 1 spiro atoms. The molecule has 2 aliphatic heterocycles. The number of ether oxygens (including phenoxy) is 1. The second-order valence-electron chi connectivity index (χ2n) is 9.54. The number of benzene rings is 2. The molecule has 1 saturated heterocycles. The Hall–Kier alpha value is -3.89. The third-order valence-corrected chi connectivity index (χ3v) is 6.90. The lowest BCUT2D eigenvalue weighted by Crippen LogP contribution is -2.52. The summed E-state index contributed by atoms with van der Waals surface area (Å²) in [4.78, 5) is 36.7. The second kappa shape index (κ2) is 9.53. The van der Waals surface area contributed by atoms with Gasteiger partial charge in [-0.25, -0.2) is 4.79 Å². The zero-order valence-electron chi connectivity index (χ0n) is 20.5. The summed E-state index contributed by atoms with van der Waals surface area (Å²) in [6.45, 7) is 7.18. The molecule has 2 aromatic carbocycles. The highest BCUT2D eigenvalue weighted by Crippen LogP contribution is 2.40. The number of nitrogens with one attached hydrogen (secondary N) is 1. The Balaban J connectivity index is 0.000000405. The van der Waals surface area contributed by atoms with Crippen molar-refractivity contribution >= 4 is 28.6 Å². The van der Waals surface area contributed by atoms with E-state index in [1.807, 2.05) is 49.9 Å². The van der Waals surface area contributed by atoms with Crippen molar-refractivity contribution in [2.75, 3.05) is 13.1 Å². The molecule has 196 valence electrons. The van der Waals surface area contributed by atoms with Crippen molar-refractivity contribution in [2.45, 2.75) is 51.8 Å². The van der Waals surface area contributed by atoms with Crippen LogP contribution < -0.4 is 4.74 Å². The fourth-order valence-electron chi connectivity index (χ4n) is 4.69. The number of Topliss-reactive ketones (excluding diaryl/α,β-unsaturated/α-hetero) is 1. The van der Waals surface area contributed by atoms with E-state index in [-0.39, 0.29) is 11.7 Å². The minimum atomic E-state index is -5.08. The lowest BCUT2D eigenvalue weighted by Gasteiger charge is -2.44. The standard InChI is InChI=1S/C24H25N3O3.C2HF3O2/c1-14-9-19-20(28)12-24(30-21(19)10-15(14)2)4-6-27(7-5-24)23(29)17-8-16(3)22-18(11-17)13-25-26-22;3-2(4,5)1(6)7/h8-11,13H,4-7,12H2,1-3H3,(H,25,26);(H,6,7). The molecule has 0 saturated carbocycles. The van der Waals surface area contributed by atoms with E-state index in [0.717, 1.165) is 27.6 Å². The number of piperidine rings is 1. The van der Waals surface area contributed by atoms with Crippen LogP contribution in [0.3, 0.4) is 0 Å². The predicted octanol–water partition coefficient (Wildman–Crippen LogP) is 4.76. The van der Waals surface area contributed by atoms with E-state index in [4.69, 9.17) is 14.6 Å². The number of carboxylic acid groups (broad SMARTS) is 1. The molecule has 0 unspecified atom stereocenters. The van der Waals surface area contributed by atoms with Crippen molar-refractivity contribution in [1.29, 1.82) is 0 Å². The molecule has 2 aliphatic rings. The molecule has 0 radical (unpaired) electrons. The molecular formula is C26H26F3N3O5. The molecule has 37 heavy (non-hydrogen) atoms. The fraction of sp³-hybridized carbons (Fsp3) is 0.385. The molecule has 5 rings (SSSR count). The first-order chi connectivity index (χ1) is 17.3. The normalized spacial score (nSPS) is 16.6. The number of rotatable bonds is 1. The first kappa shape index (κ1) is 26.2. The van der Waals surface area contributed by atoms with Gasteiger partial charge in [-0.3, -0.25) is 14.7 Å². The van der Waals surface area contributed by atoms with E-state index in [2.05, 4.69) is 10.2 Å². The topological polar surface area (TPSA) is 113 Å². The van der Waals surface area contributed by atoms with Crippen LogP contribution in [0.25, 0.3) is 10.9 Å².